The molecule has 0 bridgehead atoms. The molecule has 0 unspecified atom stereocenters. The lowest BCUT2D eigenvalue weighted by Crippen LogP contribution is -1.84. The van der Waals surface area contributed by atoms with E-state index in [9.17, 15) is 4.39 Å². The van der Waals surface area contributed by atoms with Crippen molar-refractivity contribution in [2.75, 3.05) is 5.73 Å². The molecule has 2 N–H and O–H groups in total. The number of fused-ring (bicyclic) bond motifs is 1. The van der Waals surface area contributed by atoms with Crippen molar-refractivity contribution in [3.8, 4) is 11.1 Å². The van der Waals surface area contributed by atoms with Crippen LogP contribution < -0.4 is 5.73 Å². The van der Waals surface area contributed by atoms with E-state index in [4.69, 9.17) is 5.73 Å². The highest BCUT2D eigenvalue weighted by atomic mass is 32.1. The summed E-state index contributed by atoms with van der Waals surface area (Å²) in [5, 5.41) is 2.84. The molecule has 2 aromatic heterocycles. The summed E-state index contributed by atoms with van der Waals surface area (Å²) in [5.41, 5.74) is 8.48. The Bertz CT molecular complexity index is 673. The largest absolute Gasteiger partial charge is 0.398 e. The van der Waals surface area contributed by atoms with Crippen LogP contribution in [0.3, 0.4) is 0 Å². The Hall–Kier alpha value is -1.94. The van der Waals surface area contributed by atoms with Crippen LogP contribution in [0.5, 0.6) is 0 Å². The molecule has 17 heavy (non-hydrogen) atoms. The maximum absolute atomic E-state index is 12.8. The third-order valence-corrected chi connectivity index (χ3v) is 3.56. The highest BCUT2D eigenvalue weighted by Crippen LogP contribution is 2.30. The lowest BCUT2D eigenvalue weighted by Gasteiger charge is -2.01. The van der Waals surface area contributed by atoms with Gasteiger partial charge in [-0.15, -0.1) is 11.3 Å². The maximum Gasteiger partial charge on any atom is 0.125 e. The minimum atomic E-state index is -0.238. The number of nitrogen functional groups attached to an aromatic ring is 1. The van der Waals surface area contributed by atoms with Gasteiger partial charge in [0.25, 0.3) is 0 Å². The first-order valence-electron chi connectivity index (χ1n) is 5.13. The predicted molar refractivity (Wildman–Crippen MR) is 69.4 cm³/mol. The van der Waals surface area contributed by atoms with Gasteiger partial charge in [0.1, 0.15) is 10.6 Å². The smallest absolute Gasteiger partial charge is 0.125 e. The van der Waals surface area contributed by atoms with E-state index in [-0.39, 0.29) is 5.82 Å². The number of thiophene rings is 1. The fourth-order valence-corrected chi connectivity index (χ4v) is 2.52. The van der Waals surface area contributed by atoms with Gasteiger partial charge in [-0.05, 0) is 23.8 Å². The van der Waals surface area contributed by atoms with Crippen LogP contribution in [0.4, 0.5) is 10.1 Å². The molecule has 0 aliphatic heterocycles. The number of pyridine rings is 1. The van der Waals surface area contributed by atoms with Gasteiger partial charge in [0.05, 0.1) is 5.69 Å². The van der Waals surface area contributed by atoms with Crippen molar-refractivity contribution in [2.45, 2.75) is 0 Å². The van der Waals surface area contributed by atoms with Crippen molar-refractivity contribution in [1.29, 1.82) is 0 Å². The van der Waals surface area contributed by atoms with Gasteiger partial charge in [0.2, 0.25) is 0 Å². The molecular weight excluding hydrogens is 235 g/mol. The number of hydrogen-bond acceptors (Lipinski definition) is 3. The third-order valence-electron chi connectivity index (χ3n) is 2.64. The zero-order valence-electron chi connectivity index (χ0n) is 8.85. The van der Waals surface area contributed by atoms with Gasteiger partial charge in [-0.3, -0.25) is 0 Å². The zero-order chi connectivity index (χ0) is 11.8. The fraction of sp³-hybridized carbons (Fsp3) is 0. The summed E-state index contributed by atoms with van der Waals surface area (Å²) < 4.78 is 12.8. The second-order valence-corrected chi connectivity index (χ2v) is 4.63. The molecule has 1 aromatic carbocycles. The topological polar surface area (TPSA) is 38.9 Å². The summed E-state index contributed by atoms with van der Waals surface area (Å²) in [6, 6.07) is 8.34. The van der Waals surface area contributed by atoms with E-state index in [1.54, 1.807) is 18.3 Å². The van der Waals surface area contributed by atoms with Crippen molar-refractivity contribution in [1.82, 2.24) is 4.98 Å². The number of benzene rings is 1. The number of hydrogen-bond donors (Lipinski definition) is 1. The molecule has 0 radical (unpaired) electrons. The Morgan fingerprint density at radius 2 is 1.88 bits per heavy atom. The lowest BCUT2D eigenvalue weighted by molar-refractivity contribution is 0.628. The molecule has 0 fully saturated rings. The molecule has 3 aromatic rings. The summed E-state index contributed by atoms with van der Waals surface area (Å²) in [7, 11) is 0. The highest BCUT2D eigenvalue weighted by Gasteiger charge is 2.05. The number of nitrogens with zero attached hydrogens (tertiary/aromatic N) is 1. The molecule has 84 valence electrons. The van der Waals surface area contributed by atoms with E-state index in [1.165, 1.54) is 23.5 Å². The van der Waals surface area contributed by atoms with Crippen molar-refractivity contribution < 1.29 is 4.39 Å². The Kier molecular flexibility index (Phi) is 2.30. The van der Waals surface area contributed by atoms with Gasteiger partial charge in [-0.1, -0.05) is 12.1 Å². The summed E-state index contributed by atoms with van der Waals surface area (Å²) in [6.45, 7) is 0. The van der Waals surface area contributed by atoms with Crippen molar-refractivity contribution in [2.24, 2.45) is 0 Å². The normalized spacial score (nSPS) is 10.9. The van der Waals surface area contributed by atoms with E-state index in [1.807, 2.05) is 11.4 Å². The average Bonchev–Trinajstić information content (AvgIpc) is 2.72. The maximum atomic E-state index is 12.8. The van der Waals surface area contributed by atoms with Crippen LogP contribution in [0.15, 0.2) is 41.9 Å². The number of anilines is 1. The number of halogens is 1. The average molecular weight is 244 g/mol. The molecule has 3 rings (SSSR count). The molecule has 4 heteroatoms. The first-order valence-corrected chi connectivity index (χ1v) is 6.01. The van der Waals surface area contributed by atoms with Crippen LogP contribution in [0.2, 0.25) is 0 Å². The predicted octanol–water partition coefficient (Wildman–Crippen LogP) is 3.68. The Morgan fingerprint density at radius 1 is 1.12 bits per heavy atom. The second-order valence-electron chi connectivity index (χ2n) is 3.77. The standard InChI is InChI=1S/C13H9FN2S/c14-10-3-1-8(2-4-10)9-5-11-12(15)7-17-13(11)16-6-9/h1-7H,15H2. The molecule has 2 heterocycles. The van der Waals surface area contributed by atoms with E-state index in [2.05, 4.69) is 4.98 Å². The Morgan fingerprint density at radius 3 is 2.65 bits per heavy atom. The van der Waals surface area contributed by atoms with E-state index in [0.717, 1.165) is 27.0 Å². The van der Waals surface area contributed by atoms with Crippen molar-refractivity contribution in [3.05, 3.63) is 47.7 Å². The molecule has 0 saturated carbocycles. The second kappa shape index (κ2) is 3.82. The van der Waals surface area contributed by atoms with Gasteiger partial charge in [-0.25, -0.2) is 9.37 Å². The summed E-state index contributed by atoms with van der Waals surface area (Å²) in [6.07, 6.45) is 1.78. The van der Waals surface area contributed by atoms with E-state index in [0.29, 0.717) is 0 Å². The fourth-order valence-electron chi connectivity index (χ4n) is 1.74. The number of rotatable bonds is 1. The molecule has 0 saturated heterocycles. The first-order chi connectivity index (χ1) is 8.24. The molecule has 2 nitrogen and oxygen atoms in total. The molecule has 0 aliphatic rings. The molecule has 0 atom stereocenters. The van der Waals surface area contributed by atoms with Crippen LogP contribution in [-0.2, 0) is 0 Å². The van der Waals surface area contributed by atoms with Crippen molar-refractivity contribution in [3.63, 3.8) is 0 Å². The minimum absolute atomic E-state index is 0.238. The molecule has 0 spiro atoms. The lowest BCUT2D eigenvalue weighted by atomic mass is 10.1. The number of aromatic nitrogens is 1. The van der Waals surface area contributed by atoms with Crippen LogP contribution in [-0.4, -0.2) is 4.98 Å². The molecule has 0 aliphatic carbocycles. The van der Waals surface area contributed by atoms with Crippen LogP contribution in [0.1, 0.15) is 0 Å². The third kappa shape index (κ3) is 1.76. The summed E-state index contributed by atoms with van der Waals surface area (Å²) in [5.74, 6) is -0.238. The monoisotopic (exact) mass is 244 g/mol. The van der Waals surface area contributed by atoms with Crippen LogP contribution in [0.25, 0.3) is 21.3 Å². The quantitative estimate of drug-likeness (QED) is 0.709. The first kappa shape index (κ1) is 10.2. The van der Waals surface area contributed by atoms with Crippen LogP contribution in [0, 0.1) is 5.82 Å². The number of nitrogens with two attached hydrogens (primary N) is 1. The zero-order valence-corrected chi connectivity index (χ0v) is 9.67. The highest BCUT2D eigenvalue weighted by molar-refractivity contribution is 7.17. The minimum Gasteiger partial charge on any atom is -0.398 e. The van der Waals surface area contributed by atoms with Gasteiger partial charge in [-0.2, -0.15) is 0 Å². The summed E-state index contributed by atoms with van der Waals surface area (Å²) in [4.78, 5) is 5.27. The van der Waals surface area contributed by atoms with E-state index < -0.39 is 0 Å². The summed E-state index contributed by atoms with van der Waals surface area (Å²) >= 11 is 1.52. The van der Waals surface area contributed by atoms with Gasteiger partial charge < -0.3 is 5.73 Å². The van der Waals surface area contributed by atoms with Gasteiger partial charge in [0.15, 0.2) is 0 Å². The molecule has 0 amide bonds. The van der Waals surface area contributed by atoms with Crippen LogP contribution >= 0.6 is 11.3 Å². The Labute approximate surface area is 102 Å². The van der Waals surface area contributed by atoms with Crippen molar-refractivity contribution >= 4 is 27.2 Å². The van der Waals surface area contributed by atoms with Gasteiger partial charge in [0, 0.05) is 22.5 Å². The van der Waals surface area contributed by atoms with Gasteiger partial charge >= 0.3 is 0 Å². The Balaban J connectivity index is 2.17. The SMILES string of the molecule is Nc1csc2ncc(-c3ccc(F)cc3)cc12. The molecular formula is C13H9FN2S. The van der Waals surface area contributed by atoms with E-state index >= 15 is 0 Å².